The second-order valence-electron chi connectivity index (χ2n) is 4.02. The molecule has 0 heterocycles. The van der Waals surface area contributed by atoms with E-state index < -0.39 is 0 Å². The summed E-state index contributed by atoms with van der Waals surface area (Å²) in [6.45, 7) is 4.43. The third-order valence-corrected chi connectivity index (χ3v) is 3.20. The number of nitrogens with one attached hydrogen (secondary N) is 1. The summed E-state index contributed by atoms with van der Waals surface area (Å²) in [7, 11) is 0. The number of nitrogens with two attached hydrogens (primary N) is 1. The fraction of sp³-hybridized carbons (Fsp3) is 0.462. The van der Waals surface area contributed by atoms with Crippen LogP contribution in [0.1, 0.15) is 24.2 Å². The van der Waals surface area contributed by atoms with Gasteiger partial charge >= 0.3 is 0 Å². The standard InChI is InChI=1S/C13H20N2O2S/c1-4-17-12-6-5-10(7-11(12)14)13(16)15-9(2)8-18-3/h5-7,9H,4,8,14H2,1-3H3,(H,15,16). The maximum absolute atomic E-state index is 11.9. The largest absolute Gasteiger partial charge is 0.492 e. The number of ether oxygens (including phenoxy) is 1. The summed E-state index contributed by atoms with van der Waals surface area (Å²) in [5.41, 5.74) is 6.87. The highest BCUT2D eigenvalue weighted by atomic mass is 32.2. The number of hydrogen-bond donors (Lipinski definition) is 2. The molecule has 0 saturated heterocycles. The molecule has 0 radical (unpaired) electrons. The second kappa shape index (κ2) is 7.16. The number of thioether (sulfide) groups is 1. The highest BCUT2D eigenvalue weighted by Gasteiger charge is 2.11. The van der Waals surface area contributed by atoms with Gasteiger partial charge in [-0.1, -0.05) is 0 Å². The van der Waals surface area contributed by atoms with Crippen molar-refractivity contribution in [3.63, 3.8) is 0 Å². The smallest absolute Gasteiger partial charge is 0.251 e. The van der Waals surface area contributed by atoms with Crippen molar-refractivity contribution >= 4 is 23.4 Å². The van der Waals surface area contributed by atoms with Crippen LogP contribution in [0.4, 0.5) is 5.69 Å². The van der Waals surface area contributed by atoms with Gasteiger partial charge in [-0.2, -0.15) is 11.8 Å². The quantitative estimate of drug-likeness (QED) is 0.776. The number of nitrogen functional groups attached to an aromatic ring is 1. The van der Waals surface area contributed by atoms with E-state index in [1.165, 1.54) is 0 Å². The third kappa shape index (κ3) is 4.14. The first-order valence-corrected chi connectivity index (χ1v) is 7.30. The molecule has 1 aromatic rings. The van der Waals surface area contributed by atoms with E-state index in [9.17, 15) is 4.79 Å². The van der Waals surface area contributed by atoms with Crippen LogP contribution in [0.15, 0.2) is 18.2 Å². The Morgan fingerprint density at radius 3 is 2.83 bits per heavy atom. The zero-order chi connectivity index (χ0) is 13.5. The van der Waals surface area contributed by atoms with E-state index in [0.29, 0.717) is 23.6 Å². The molecule has 1 unspecified atom stereocenters. The summed E-state index contributed by atoms with van der Waals surface area (Å²) in [5, 5.41) is 2.92. The third-order valence-electron chi connectivity index (χ3n) is 2.37. The van der Waals surface area contributed by atoms with Gasteiger partial charge < -0.3 is 15.8 Å². The van der Waals surface area contributed by atoms with Crippen molar-refractivity contribution in [1.82, 2.24) is 5.32 Å². The number of carbonyl (C=O) groups is 1. The Morgan fingerprint density at radius 2 is 2.28 bits per heavy atom. The van der Waals surface area contributed by atoms with E-state index in [2.05, 4.69) is 5.32 Å². The van der Waals surface area contributed by atoms with E-state index in [1.54, 1.807) is 30.0 Å². The van der Waals surface area contributed by atoms with Gasteiger partial charge in [-0.15, -0.1) is 0 Å². The van der Waals surface area contributed by atoms with Crippen LogP contribution >= 0.6 is 11.8 Å². The number of carbonyl (C=O) groups excluding carboxylic acids is 1. The molecule has 18 heavy (non-hydrogen) atoms. The summed E-state index contributed by atoms with van der Waals surface area (Å²) in [6.07, 6.45) is 2.01. The predicted molar refractivity (Wildman–Crippen MR) is 77.3 cm³/mol. The first-order valence-electron chi connectivity index (χ1n) is 5.90. The molecule has 0 saturated carbocycles. The van der Waals surface area contributed by atoms with Gasteiger partial charge in [0.15, 0.2) is 0 Å². The lowest BCUT2D eigenvalue weighted by molar-refractivity contribution is 0.0944. The Labute approximate surface area is 112 Å². The number of rotatable bonds is 6. The minimum absolute atomic E-state index is 0.105. The lowest BCUT2D eigenvalue weighted by atomic mass is 10.1. The highest BCUT2D eigenvalue weighted by Crippen LogP contribution is 2.22. The molecule has 0 spiro atoms. The van der Waals surface area contributed by atoms with Crippen molar-refractivity contribution in [1.29, 1.82) is 0 Å². The van der Waals surface area contributed by atoms with Gasteiger partial charge in [-0.05, 0) is 38.3 Å². The number of hydrogen-bond acceptors (Lipinski definition) is 4. The van der Waals surface area contributed by atoms with Crippen LogP contribution in [0.5, 0.6) is 5.75 Å². The number of amides is 1. The number of anilines is 1. The normalized spacial score (nSPS) is 11.9. The second-order valence-corrected chi connectivity index (χ2v) is 4.93. The van der Waals surface area contributed by atoms with Gasteiger partial charge in [0.1, 0.15) is 5.75 Å². The molecule has 0 aromatic heterocycles. The number of benzene rings is 1. The van der Waals surface area contributed by atoms with Crippen LogP contribution in [0, 0.1) is 0 Å². The topological polar surface area (TPSA) is 64.3 Å². The van der Waals surface area contributed by atoms with Crippen LogP contribution in [-0.2, 0) is 0 Å². The molecule has 0 fully saturated rings. The molecule has 1 aromatic carbocycles. The van der Waals surface area contributed by atoms with Gasteiger partial charge in [0, 0.05) is 17.4 Å². The lowest BCUT2D eigenvalue weighted by Crippen LogP contribution is -2.34. The molecular formula is C13H20N2O2S. The van der Waals surface area contributed by atoms with Crippen LogP contribution in [-0.4, -0.2) is 30.6 Å². The first-order chi connectivity index (χ1) is 8.58. The van der Waals surface area contributed by atoms with Gasteiger partial charge in [0.2, 0.25) is 0 Å². The van der Waals surface area contributed by atoms with Crippen LogP contribution < -0.4 is 15.8 Å². The zero-order valence-corrected chi connectivity index (χ0v) is 11.8. The van der Waals surface area contributed by atoms with Crippen LogP contribution in [0.3, 0.4) is 0 Å². The van der Waals surface area contributed by atoms with Gasteiger partial charge in [-0.3, -0.25) is 4.79 Å². The Hall–Kier alpha value is -1.36. The van der Waals surface area contributed by atoms with Crippen molar-refractivity contribution in [2.45, 2.75) is 19.9 Å². The highest BCUT2D eigenvalue weighted by molar-refractivity contribution is 7.98. The van der Waals surface area contributed by atoms with Crippen molar-refractivity contribution in [3.05, 3.63) is 23.8 Å². The summed E-state index contributed by atoms with van der Waals surface area (Å²) in [6, 6.07) is 5.24. The Balaban J connectivity index is 2.72. The van der Waals surface area contributed by atoms with E-state index in [4.69, 9.17) is 10.5 Å². The van der Waals surface area contributed by atoms with Crippen molar-refractivity contribution < 1.29 is 9.53 Å². The molecule has 0 aliphatic heterocycles. The molecule has 0 bridgehead atoms. The first kappa shape index (κ1) is 14.7. The maximum atomic E-state index is 11.9. The zero-order valence-electron chi connectivity index (χ0n) is 11.0. The summed E-state index contributed by atoms with van der Waals surface area (Å²) in [5.74, 6) is 1.40. The predicted octanol–water partition coefficient (Wildman–Crippen LogP) is 2.15. The van der Waals surface area contributed by atoms with Crippen molar-refractivity contribution in [3.8, 4) is 5.75 Å². The molecule has 1 atom stereocenters. The van der Waals surface area contributed by atoms with E-state index in [1.807, 2.05) is 20.1 Å². The molecule has 100 valence electrons. The molecule has 0 aliphatic rings. The van der Waals surface area contributed by atoms with Crippen LogP contribution in [0.2, 0.25) is 0 Å². The SMILES string of the molecule is CCOc1ccc(C(=O)NC(C)CSC)cc1N. The van der Waals surface area contributed by atoms with Gasteiger partial charge in [-0.25, -0.2) is 0 Å². The Bertz CT molecular complexity index is 410. The lowest BCUT2D eigenvalue weighted by Gasteiger charge is -2.13. The fourth-order valence-electron chi connectivity index (χ4n) is 1.58. The maximum Gasteiger partial charge on any atom is 0.251 e. The minimum Gasteiger partial charge on any atom is -0.492 e. The monoisotopic (exact) mass is 268 g/mol. The Kier molecular flexibility index (Phi) is 5.85. The van der Waals surface area contributed by atoms with Gasteiger partial charge in [0.25, 0.3) is 5.91 Å². The molecule has 5 heteroatoms. The van der Waals surface area contributed by atoms with Gasteiger partial charge in [0.05, 0.1) is 12.3 Å². The minimum atomic E-state index is -0.105. The average Bonchev–Trinajstić information content (AvgIpc) is 2.32. The van der Waals surface area contributed by atoms with Crippen LogP contribution in [0.25, 0.3) is 0 Å². The molecule has 1 amide bonds. The van der Waals surface area contributed by atoms with E-state index >= 15 is 0 Å². The van der Waals surface area contributed by atoms with Crippen molar-refractivity contribution in [2.24, 2.45) is 0 Å². The van der Waals surface area contributed by atoms with E-state index in [-0.39, 0.29) is 11.9 Å². The molecule has 3 N–H and O–H groups in total. The summed E-state index contributed by atoms with van der Waals surface area (Å²) >= 11 is 1.70. The molecular weight excluding hydrogens is 248 g/mol. The average molecular weight is 268 g/mol. The Morgan fingerprint density at radius 1 is 1.56 bits per heavy atom. The summed E-state index contributed by atoms with van der Waals surface area (Å²) in [4.78, 5) is 11.9. The van der Waals surface area contributed by atoms with Crippen molar-refractivity contribution in [2.75, 3.05) is 24.3 Å². The summed E-state index contributed by atoms with van der Waals surface area (Å²) < 4.78 is 5.33. The fourth-order valence-corrected chi connectivity index (χ4v) is 2.16. The molecule has 0 aliphatic carbocycles. The molecule has 4 nitrogen and oxygen atoms in total. The van der Waals surface area contributed by atoms with E-state index in [0.717, 1.165) is 5.75 Å². The molecule has 1 rings (SSSR count).